The third kappa shape index (κ3) is 6.26. The molecule has 0 saturated carbocycles. The standard InChI is InChI=1S/C19H18ClNO3/c1-14-5-7-15(8-6-14)9-10-19(23)24-13-18(22)21-12-16-3-2-4-17(20)11-16/h2-11H,12-13H2,1H3,(H,21,22)/b10-9+. The monoisotopic (exact) mass is 343 g/mol. The zero-order valence-electron chi connectivity index (χ0n) is 13.3. The van der Waals surface area contributed by atoms with Gasteiger partial charge in [-0.15, -0.1) is 0 Å². The summed E-state index contributed by atoms with van der Waals surface area (Å²) >= 11 is 5.87. The fourth-order valence-electron chi connectivity index (χ4n) is 1.93. The van der Waals surface area contributed by atoms with Gasteiger partial charge in [0.15, 0.2) is 6.61 Å². The molecule has 0 aliphatic heterocycles. The highest BCUT2D eigenvalue weighted by atomic mass is 35.5. The largest absolute Gasteiger partial charge is 0.452 e. The van der Waals surface area contributed by atoms with Crippen molar-refractivity contribution in [2.24, 2.45) is 0 Å². The van der Waals surface area contributed by atoms with Gasteiger partial charge in [0.05, 0.1) is 0 Å². The lowest BCUT2D eigenvalue weighted by Gasteiger charge is -2.06. The quantitative estimate of drug-likeness (QED) is 0.645. The van der Waals surface area contributed by atoms with Crippen molar-refractivity contribution in [2.75, 3.05) is 6.61 Å². The van der Waals surface area contributed by atoms with Gasteiger partial charge in [0, 0.05) is 17.6 Å². The van der Waals surface area contributed by atoms with E-state index in [9.17, 15) is 9.59 Å². The van der Waals surface area contributed by atoms with Gasteiger partial charge in [-0.1, -0.05) is 53.6 Å². The van der Waals surface area contributed by atoms with Gasteiger partial charge >= 0.3 is 5.97 Å². The molecular formula is C19H18ClNO3. The van der Waals surface area contributed by atoms with Crippen molar-refractivity contribution in [3.63, 3.8) is 0 Å². The number of ether oxygens (including phenoxy) is 1. The molecule has 0 heterocycles. The summed E-state index contributed by atoms with van der Waals surface area (Å²) in [6.45, 7) is 2.00. The minimum absolute atomic E-state index is 0.322. The smallest absolute Gasteiger partial charge is 0.331 e. The van der Waals surface area contributed by atoms with Gasteiger partial charge in [-0.2, -0.15) is 0 Å². The molecule has 0 saturated heterocycles. The van der Waals surface area contributed by atoms with Crippen LogP contribution in [0.5, 0.6) is 0 Å². The number of rotatable bonds is 6. The highest BCUT2D eigenvalue weighted by molar-refractivity contribution is 6.30. The number of benzene rings is 2. The Bertz CT molecular complexity index is 739. The summed E-state index contributed by atoms with van der Waals surface area (Å²) in [5.74, 6) is -0.930. The normalized spacial score (nSPS) is 10.6. The second kappa shape index (κ2) is 8.89. The molecule has 0 bridgehead atoms. The number of carbonyl (C=O) groups excluding carboxylic acids is 2. The first-order chi connectivity index (χ1) is 11.5. The van der Waals surface area contributed by atoms with Crippen LogP contribution in [0.2, 0.25) is 5.02 Å². The van der Waals surface area contributed by atoms with E-state index < -0.39 is 5.97 Å². The first kappa shape index (κ1) is 17.8. The molecule has 2 rings (SSSR count). The second-order valence-electron chi connectivity index (χ2n) is 5.26. The van der Waals surface area contributed by atoms with Crippen LogP contribution in [-0.2, 0) is 20.9 Å². The van der Waals surface area contributed by atoms with E-state index in [0.717, 1.165) is 16.7 Å². The minimum Gasteiger partial charge on any atom is -0.452 e. The second-order valence-corrected chi connectivity index (χ2v) is 5.69. The maximum Gasteiger partial charge on any atom is 0.331 e. The van der Waals surface area contributed by atoms with Gasteiger partial charge in [-0.25, -0.2) is 4.79 Å². The molecular weight excluding hydrogens is 326 g/mol. The number of hydrogen-bond acceptors (Lipinski definition) is 3. The summed E-state index contributed by atoms with van der Waals surface area (Å²) < 4.78 is 4.90. The average molecular weight is 344 g/mol. The van der Waals surface area contributed by atoms with Crippen LogP contribution in [0.25, 0.3) is 6.08 Å². The van der Waals surface area contributed by atoms with Crippen LogP contribution in [0.15, 0.2) is 54.6 Å². The van der Waals surface area contributed by atoms with Crippen LogP contribution in [0, 0.1) is 6.92 Å². The van der Waals surface area contributed by atoms with E-state index in [1.165, 1.54) is 6.08 Å². The van der Waals surface area contributed by atoms with Gasteiger partial charge in [-0.3, -0.25) is 4.79 Å². The summed E-state index contributed by atoms with van der Waals surface area (Å²) in [6.07, 6.45) is 2.95. The van der Waals surface area contributed by atoms with Crippen LogP contribution in [-0.4, -0.2) is 18.5 Å². The lowest BCUT2D eigenvalue weighted by molar-refractivity contribution is -0.143. The van der Waals surface area contributed by atoms with Crippen molar-refractivity contribution in [1.82, 2.24) is 5.32 Å². The average Bonchev–Trinajstić information content (AvgIpc) is 2.57. The molecule has 1 N–H and O–H groups in total. The maximum atomic E-state index is 11.7. The van der Waals surface area contributed by atoms with E-state index in [0.29, 0.717) is 11.6 Å². The molecule has 0 spiro atoms. The Hall–Kier alpha value is -2.59. The fraction of sp³-hybridized carbons (Fsp3) is 0.158. The van der Waals surface area contributed by atoms with Gasteiger partial charge in [0.25, 0.3) is 5.91 Å². The van der Waals surface area contributed by atoms with E-state index in [2.05, 4.69) is 5.32 Å². The molecule has 0 aliphatic carbocycles. The fourth-order valence-corrected chi connectivity index (χ4v) is 2.14. The zero-order chi connectivity index (χ0) is 17.4. The molecule has 4 nitrogen and oxygen atoms in total. The van der Waals surface area contributed by atoms with Crippen LogP contribution in [0.3, 0.4) is 0 Å². The summed E-state index contributed by atoms with van der Waals surface area (Å²) in [7, 11) is 0. The van der Waals surface area contributed by atoms with Gasteiger partial charge in [-0.05, 0) is 36.3 Å². The Morgan fingerprint density at radius 1 is 1.17 bits per heavy atom. The summed E-state index contributed by atoms with van der Waals surface area (Å²) in [4.78, 5) is 23.3. The molecule has 0 aliphatic rings. The number of hydrogen-bond donors (Lipinski definition) is 1. The highest BCUT2D eigenvalue weighted by Crippen LogP contribution is 2.10. The first-order valence-corrected chi connectivity index (χ1v) is 7.83. The molecule has 2 aromatic rings. The molecule has 0 atom stereocenters. The number of esters is 1. The predicted molar refractivity (Wildman–Crippen MR) is 94.5 cm³/mol. The van der Waals surface area contributed by atoms with Crippen LogP contribution >= 0.6 is 11.6 Å². The topological polar surface area (TPSA) is 55.4 Å². The summed E-state index contributed by atoms with van der Waals surface area (Å²) in [5, 5.41) is 3.27. The Balaban J connectivity index is 1.72. The lowest BCUT2D eigenvalue weighted by atomic mass is 10.1. The molecule has 0 unspecified atom stereocenters. The number of nitrogens with one attached hydrogen (secondary N) is 1. The van der Waals surface area contributed by atoms with Gasteiger partial charge < -0.3 is 10.1 Å². The predicted octanol–water partition coefficient (Wildman–Crippen LogP) is 3.52. The van der Waals surface area contributed by atoms with E-state index in [4.69, 9.17) is 16.3 Å². The Morgan fingerprint density at radius 2 is 1.92 bits per heavy atom. The lowest BCUT2D eigenvalue weighted by Crippen LogP contribution is -2.28. The van der Waals surface area contributed by atoms with Crippen molar-refractivity contribution in [3.8, 4) is 0 Å². The number of carbonyl (C=O) groups is 2. The third-order valence-corrected chi connectivity index (χ3v) is 3.45. The Kier molecular flexibility index (Phi) is 6.58. The molecule has 1 amide bonds. The molecule has 0 radical (unpaired) electrons. The molecule has 24 heavy (non-hydrogen) atoms. The third-order valence-electron chi connectivity index (χ3n) is 3.21. The molecule has 124 valence electrons. The SMILES string of the molecule is Cc1ccc(/C=C/C(=O)OCC(=O)NCc2cccc(Cl)c2)cc1. The Labute approximate surface area is 146 Å². The van der Waals surface area contributed by atoms with Crippen molar-refractivity contribution in [2.45, 2.75) is 13.5 Å². The highest BCUT2D eigenvalue weighted by Gasteiger charge is 2.05. The molecule has 0 fully saturated rings. The first-order valence-electron chi connectivity index (χ1n) is 7.45. The molecule has 2 aromatic carbocycles. The van der Waals surface area contributed by atoms with Crippen LogP contribution < -0.4 is 5.32 Å². The number of amides is 1. The van der Waals surface area contributed by atoms with Crippen LogP contribution in [0.4, 0.5) is 0 Å². The Morgan fingerprint density at radius 3 is 2.62 bits per heavy atom. The van der Waals surface area contributed by atoms with Gasteiger partial charge in [0.1, 0.15) is 0 Å². The van der Waals surface area contributed by atoms with Crippen LogP contribution in [0.1, 0.15) is 16.7 Å². The molecule has 0 aromatic heterocycles. The molecule has 5 heteroatoms. The van der Waals surface area contributed by atoms with E-state index >= 15 is 0 Å². The number of aryl methyl sites for hydroxylation is 1. The van der Waals surface area contributed by atoms with Crippen molar-refractivity contribution in [1.29, 1.82) is 0 Å². The van der Waals surface area contributed by atoms with E-state index in [-0.39, 0.29) is 12.5 Å². The van der Waals surface area contributed by atoms with E-state index in [1.807, 2.05) is 37.3 Å². The zero-order valence-corrected chi connectivity index (χ0v) is 14.0. The van der Waals surface area contributed by atoms with Crippen molar-refractivity contribution < 1.29 is 14.3 Å². The minimum atomic E-state index is -0.562. The van der Waals surface area contributed by atoms with Crippen molar-refractivity contribution >= 4 is 29.6 Å². The summed E-state index contributed by atoms with van der Waals surface area (Å²) in [6, 6.07) is 14.9. The maximum absolute atomic E-state index is 11.7. The number of halogens is 1. The van der Waals surface area contributed by atoms with Gasteiger partial charge in [0.2, 0.25) is 0 Å². The van der Waals surface area contributed by atoms with E-state index in [1.54, 1.807) is 24.3 Å². The van der Waals surface area contributed by atoms with Crippen molar-refractivity contribution in [3.05, 3.63) is 76.3 Å². The summed E-state index contributed by atoms with van der Waals surface area (Å²) in [5.41, 5.74) is 2.91.